The van der Waals surface area contributed by atoms with Crippen LogP contribution in [0.2, 0.25) is 0 Å². The average molecular weight is 388 g/mol. The van der Waals surface area contributed by atoms with E-state index in [1.54, 1.807) is 14.2 Å². The summed E-state index contributed by atoms with van der Waals surface area (Å²) >= 11 is 0. The van der Waals surface area contributed by atoms with E-state index in [9.17, 15) is 0 Å². The summed E-state index contributed by atoms with van der Waals surface area (Å²) in [5, 5.41) is 3.54. The van der Waals surface area contributed by atoms with Gasteiger partial charge in [0.2, 0.25) is 0 Å². The maximum Gasteiger partial charge on any atom is 0.161 e. The number of pyridine rings is 1. The average Bonchev–Trinajstić information content (AvgIpc) is 3.12. The second-order valence-electron chi connectivity index (χ2n) is 6.87. The predicted octanol–water partition coefficient (Wildman–Crippen LogP) is 4.83. The molecule has 2 aromatic heterocycles. The van der Waals surface area contributed by atoms with Crippen molar-refractivity contribution in [2.75, 3.05) is 38.5 Å². The Morgan fingerprint density at radius 2 is 1.66 bits per heavy atom. The van der Waals surface area contributed by atoms with Crippen LogP contribution in [0.25, 0.3) is 16.9 Å². The number of aromatic nitrogens is 2. The number of nitrogens with zero attached hydrogens (tertiary/aromatic N) is 3. The van der Waals surface area contributed by atoms with Crippen LogP contribution in [-0.4, -0.2) is 37.7 Å². The minimum absolute atomic E-state index is 0.670. The third kappa shape index (κ3) is 3.57. The fraction of sp³-hybridized carbons (Fsp3) is 0.174. The summed E-state index contributed by atoms with van der Waals surface area (Å²) < 4.78 is 12.9. The first-order valence-electron chi connectivity index (χ1n) is 9.34. The van der Waals surface area contributed by atoms with Gasteiger partial charge in [0, 0.05) is 37.2 Å². The summed E-state index contributed by atoms with van der Waals surface area (Å²) in [6.07, 6.45) is 2.00. The zero-order chi connectivity index (χ0) is 20.4. The van der Waals surface area contributed by atoms with Crippen LogP contribution in [0.3, 0.4) is 0 Å². The predicted molar refractivity (Wildman–Crippen MR) is 118 cm³/mol. The highest BCUT2D eigenvalue weighted by Gasteiger charge is 2.16. The Bertz CT molecular complexity index is 1130. The van der Waals surface area contributed by atoms with E-state index in [0.717, 1.165) is 34.1 Å². The first-order chi connectivity index (χ1) is 14.1. The minimum Gasteiger partial charge on any atom is -0.493 e. The van der Waals surface area contributed by atoms with Gasteiger partial charge in [-0.3, -0.25) is 4.40 Å². The summed E-state index contributed by atoms with van der Waals surface area (Å²) in [5.41, 5.74) is 4.79. The lowest BCUT2D eigenvalue weighted by atomic mass is 10.1. The maximum atomic E-state index is 5.48. The van der Waals surface area contributed by atoms with Gasteiger partial charge >= 0.3 is 0 Å². The van der Waals surface area contributed by atoms with Gasteiger partial charge in [-0.2, -0.15) is 0 Å². The van der Waals surface area contributed by atoms with Crippen molar-refractivity contribution < 1.29 is 9.47 Å². The minimum atomic E-state index is 0.670. The monoisotopic (exact) mass is 388 g/mol. The molecule has 6 nitrogen and oxygen atoms in total. The highest BCUT2D eigenvalue weighted by Crippen LogP contribution is 2.36. The van der Waals surface area contributed by atoms with E-state index >= 15 is 0 Å². The lowest BCUT2D eigenvalue weighted by Gasteiger charge is -2.14. The summed E-state index contributed by atoms with van der Waals surface area (Å²) in [6.45, 7) is 0. The zero-order valence-corrected chi connectivity index (χ0v) is 17.0. The lowest BCUT2D eigenvalue weighted by Crippen LogP contribution is -2.08. The molecule has 0 radical (unpaired) electrons. The number of hydrogen-bond donors (Lipinski definition) is 1. The number of methoxy groups -OCH3 is 2. The number of imidazole rings is 1. The van der Waals surface area contributed by atoms with Gasteiger partial charge in [-0.15, -0.1) is 0 Å². The molecule has 2 aromatic carbocycles. The maximum absolute atomic E-state index is 5.48. The quantitative estimate of drug-likeness (QED) is 0.513. The smallest absolute Gasteiger partial charge is 0.161 e. The molecule has 0 aliphatic carbocycles. The molecular weight excluding hydrogens is 364 g/mol. The molecular formula is C23H24N4O2. The highest BCUT2D eigenvalue weighted by molar-refractivity contribution is 5.81. The van der Waals surface area contributed by atoms with Crippen LogP contribution in [0.15, 0.2) is 66.9 Å². The molecule has 0 atom stereocenters. The number of anilines is 3. The second kappa shape index (κ2) is 7.75. The molecule has 0 saturated heterocycles. The van der Waals surface area contributed by atoms with Crippen LogP contribution in [-0.2, 0) is 0 Å². The molecule has 0 unspecified atom stereocenters. The van der Waals surface area contributed by atoms with Gasteiger partial charge in [0.15, 0.2) is 11.5 Å². The Hall–Kier alpha value is -3.67. The molecule has 4 aromatic rings. The third-order valence-electron chi connectivity index (χ3n) is 4.83. The number of nitrogens with one attached hydrogen (secondary N) is 1. The normalized spacial score (nSPS) is 10.8. The summed E-state index contributed by atoms with van der Waals surface area (Å²) in [4.78, 5) is 6.93. The van der Waals surface area contributed by atoms with Crippen molar-refractivity contribution in [1.29, 1.82) is 0 Å². The van der Waals surface area contributed by atoms with Crippen molar-refractivity contribution in [2.45, 2.75) is 0 Å². The van der Waals surface area contributed by atoms with Gasteiger partial charge in [0.25, 0.3) is 0 Å². The van der Waals surface area contributed by atoms with Gasteiger partial charge in [-0.1, -0.05) is 6.07 Å². The third-order valence-corrected chi connectivity index (χ3v) is 4.83. The van der Waals surface area contributed by atoms with Gasteiger partial charge in [0.05, 0.1) is 14.2 Å². The van der Waals surface area contributed by atoms with Crippen LogP contribution >= 0.6 is 0 Å². The topological polar surface area (TPSA) is 51.0 Å². The molecule has 148 valence electrons. The number of hydrogen-bond acceptors (Lipinski definition) is 5. The van der Waals surface area contributed by atoms with Crippen molar-refractivity contribution in [2.24, 2.45) is 0 Å². The van der Waals surface area contributed by atoms with E-state index in [-0.39, 0.29) is 0 Å². The Kier molecular flexibility index (Phi) is 4.99. The van der Waals surface area contributed by atoms with Crippen molar-refractivity contribution >= 4 is 22.8 Å². The standard InChI is InChI=1S/C23H24N4O2/c1-26(2)18-11-9-17(10-12-18)24-23-22(25-21-7-5-6-14-27(21)23)16-8-13-19(28-3)20(15-16)29-4/h5-15,24H,1-4H3. The van der Waals surface area contributed by atoms with Gasteiger partial charge in [-0.05, 0) is 54.6 Å². The Labute approximate surface area is 170 Å². The van der Waals surface area contributed by atoms with Crippen LogP contribution in [0, 0.1) is 0 Å². The van der Waals surface area contributed by atoms with Gasteiger partial charge < -0.3 is 19.7 Å². The zero-order valence-electron chi connectivity index (χ0n) is 17.0. The van der Waals surface area contributed by atoms with Crippen molar-refractivity contribution in [3.8, 4) is 22.8 Å². The molecule has 6 heteroatoms. The van der Waals surface area contributed by atoms with Gasteiger partial charge in [-0.25, -0.2) is 4.98 Å². The summed E-state index contributed by atoms with van der Waals surface area (Å²) in [5.74, 6) is 2.25. The van der Waals surface area contributed by atoms with Crippen LogP contribution in [0.1, 0.15) is 0 Å². The van der Waals surface area contributed by atoms with E-state index in [1.165, 1.54) is 0 Å². The number of benzene rings is 2. The second-order valence-corrected chi connectivity index (χ2v) is 6.87. The Morgan fingerprint density at radius 3 is 2.34 bits per heavy atom. The Morgan fingerprint density at radius 1 is 0.897 bits per heavy atom. The molecule has 0 bridgehead atoms. The molecule has 0 aliphatic rings. The van der Waals surface area contributed by atoms with E-state index in [0.29, 0.717) is 11.5 Å². The van der Waals surface area contributed by atoms with E-state index in [1.807, 2.05) is 61.1 Å². The fourth-order valence-electron chi connectivity index (χ4n) is 3.28. The number of ether oxygens (including phenoxy) is 2. The van der Waals surface area contributed by atoms with E-state index < -0.39 is 0 Å². The largest absolute Gasteiger partial charge is 0.493 e. The first-order valence-corrected chi connectivity index (χ1v) is 9.34. The van der Waals surface area contributed by atoms with Crippen LogP contribution < -0.4 is 19.7 Å². The van der Waals surface area contributed by atoms with Crippen molar-refractivity contribution in [3.63, 3.8) is 0 Å². The SMILES string of the molecule is COc1ccc(-c2nc3ccccn3c2Nc2ccc(N(C)C)cc2)cc1OC. The Balaban J connectivity index is 1.81. The van der Waals surface area contributed by atoms with E-state index in [2.05, 4.69) is 34.5 Å². The number of fused-ring (bicyclic) bond motifs is 1. The first kappa shape index (κ1) is 18.7. The molecule has 2 heterocycles. The highest BCUT2D eigenvalue weighted by atomic mass is 16.5. The van der Waals surface area contributed by atoms with Crippen LogP contribution in [0.5, 0.6) is 11.5 Å². The van der Waals surface area contributed by atoms with Crippen molar-refractivity contribution in [3.05, 3.63) is 66.9 Å². The van der Waals surface area contributed by atoms with Crippen LogP contribution in [0.4, 0.5) is 17.2 Å². The number of rotatable bonds is 6. The molecule has 0 spiro atoms. The molecule has 0 saturated carbocycles. The molecule has 0 amide bonds. The van der Waals surface area contributed by atoms with Crippen molar-refractivity contribution in [1.82, 2.24) is 9.38 Å². The van der Waals surface area contributed by atoms with E-state index in [4.69, 9.17) is 14.5 Å². The summed E-state index contributed by atoms with van der Waals surface area (Å²) in [7, 11) is 7.33. The molecule has 0 fully saturated rings. The molecule has 0 aliphatic heterocycles. The summed E-state index contributed by atoms with van der Waals surface area (Å²) in [6, 6.07) is 20.1. The molecule has 29 heavy (non-hydrogen) atoms. The fourth-order valence-corrected chi connectivity index (χ4v) is 3.28. The lowest BCUT2D eigenvalue weighted by molar-refractivity contribution is 0.355. The molecule has 1 N–H and O–H groups in total. The van der Waals surface area contributed by atoms with Gasteiger partial charge in [0.1, 0.15) is 17.2 Å². The molecule has 4 rings (SSSR count).